The first-order chi connectivity index (χ1) is 5.74. The highest BCUT2D eigenvalue weighted by atomic mass is 16.6. The number of epoxide rings is 1. The molecule has 2 rings (SSSR count). The summed E-state index contributed by atoms with van der Waals surface area (Å²) in [5, 5.41) is 0. The number of ether oxygens (including phenoxy) is 1. The molecule has 0 amide bonds. The Bertz CT molecular complexity index is 347. The van der Waals surface area contributed by atoms with Crippen LogP contribution in [0, 0.1) is 6.57 Å². The van der Waals surface area contributed by atoms with Gasteiger partial charge in [0.1, 0.15) is 5.60 Å². The third-order valence-electron chi connectivity index (χ3n) is 2.16. The van der Waals surface area contributed by atoms with Gasteiger partial charge in [-0.25, -0.2) is 4.85 Å². The molecule has 1 saturated heterocycles. The predicted molar refractivity (Wildman–Crippen MR) is 46.0 cm³/mol. The maximum Gasteiger partial charge on any atom is 0.187 e. The van der Waals surface area contributed by atoms with E-state index in [1.807, 2.05) is 31.2 Å². The molecule has 0 unspecified atom stereocenters. The molecule has 1 aromatic rings. The van der Waals surface area contributed by atoms with Crippen LogP contribution in [0.25, 0.3) is 4.85 Å². The van der Waals surface area contributed by atoms with Gasteiger partial charge in [-0.3, -0.25) is 0 Å². The van der Waals surface area contributed by atoms with Crippen LogP contribution in [0.4, 0.5) is 5.69 Å². The molecule has 0 bridgehead atoms. The smallest absolute Gasteiger partial charge is 0.187 e. The zero-order chi connectivity index (χ0) is 8.60. The minimum atomic E-state index is -0.110. The first-order valence-corrected chi connectivity index (χ1v) is 3.86. The molecular weight excluding hydrogens is 150 g/mol. The first kappa shape index (κ1) is 7.33. The van der Waals surface area contributed by atoms with Gasteiger partial charge in [-0.2, -0.15) is 0 Å². The molecule has 0 spiro atoms. The summed E-state index contributed by atoms with van der Waals surface area (Å²) in [4.78, 5) is 3.37. The van der Waals surface area contributed by atoms with E-state index >= 15 is 0 Å². The molecule has 1 atom stereocenters. The molecule has 0 saturated carbocycles. The Morgan fingerprint density at radius 3 is 2.92 bits per heavy atom. The maximum absolute atomic E-state index is 6.85. The van der Waals surface area contributed by atoms with Crippen molar-refractivity contribution in [2.45, 2.75) is 12.5 Å². The third-order valence-corrected chi connectivity index (χ3v) is 2.16. The normalized spacial score (nSPS) is 26.3. The van der Waals surface area contributed by atoms with Crippen molar-refractivity contribution >= 4 is 5.69 Å². The Morgan fingerprint density at radius 2 is 2.33 bits per heavy atom. The van der Waals surface area contributed by atoms with Crippen LogP contribution in [0.1, 0.15) is 12.5 Å². The largest absolute Gasteiger partial charge is 0.365 e. The standard InChI is InChI=1S/C10H9NO/c1-10(7-12-10)8-4-3-5-9(6-8)11-2/h3-6H,7H2,1H3/t10-/m0/s1. The minimum absolute atomic E-state index is 0.110. The monoisotopic (exact) mass is 159 g/mol. The van der Waals surface area contributed by atoms with Gasteiger partial charge in [0.2, 0.25) is 0 Å². The van der Waals surface area contributed by atoms with E-state index in [2.05, 4.69) is 4.85 Å². The Hall–Kier alpha value is -1.33. The summed E-state index contributed by atoms with van der Waals surface area (Å²) < 4.78 is 5.28. The number of benzene rings is 1. The molecule has 12 heavy (non-hydrogen) atoms. The summed E-state index contributed by atoms with van der Waals surface area (Å²) in [5.74, 6) is 0. The number of hydrogen-bond acceptors (Lipinski definition) is 1. The molecular formula is C10H9NO. The summed E-state index contributed by atoms with van der Waals surface area (Å²) >= 11 is 0. The second kappa shape index (κ2) is 2.33. The van der Waals surface area contributed by atoms with Crippen LogP contribution in [-0.2, 0) is 10.3 Å². The molecule has 2 nitrogen and oxygen atoms in total. The lowest BCUT2D eigenvalue weighted by Gasteiger charge is -2.04. The molecule has 1 aromatic carbocycles. The van der Waals surface area contributed by atoms with Crippen LogP contribution in [0.15, 0.2) is 24.3 Å². The summed E-state index contributed by atoms with van der Waals surface area (Å²) in [6.45, 7) is 9.66. The highest BCUT2D eigenvalue weighted by Crippen LogP contribution is 2.38. The zero-order valence-electron chi connectivity index (χ0n) is 6.87. The summed E-state index contributed by atoms with van der Waals surface area (Å²) in [6, 6.07) is 7.60. The zero-order valence-corrected chi connectivity index (χ0v) is 6.87. The van der Waals surface area contributed by atoms with Crippen LogP contribution in [0.3, 0.4) is 0 Å². The molecule has 1 fully saturated rings. The Balaban J connectivity index is 2.40. The predicted octanol–water partition coefficient (Wildman–Crippen LogP) is 2.48. The molecule has 1 aliphatic rings. The van der Waals surface area contributed by atoms with E-state index in [-0.39, 0.29) is 5.60 Å². The summed E-state index contributed by atoms with van der Waals surface area (Å²) in [6.07, 6.45) is 0. The average molecular weight is 159 g/mol. The topological polar surface area (TPSA) is 16.9 Å². The minimum Gasteiger partial charge on any atom is -0.365 e. The van der Waals surface area contributed by atoms with E-state index in [0.29, 0.717) is 5.69 Å². The fourth-order valence-corrected chi connectivity index (χ4v) is 1.18. The van der Waals surface area contributed by atoms with Crippen molar-refractivity contribution in [3.05, 3.63) is 41.2 Å². The quantitative estimate of drug-likeness (QED) is 0.454. The van der Waals surface area contributed by atoms with Crippen molar-refractivity contribution in [3.63, 3.8) is 0 Å². The van der Waals surface area contributed by atoms with Gasteiger partial charge in [0.15, 0.2) is 5.69 Å². The van der Waals surface area contributed by atoms with Crippen molar-refractivity contribution in [3.8, 4) is 0 Å². The van der Waals surface area contributed by atoms with E-state index < -0.39 is 0 Å². The fourth-order valence-electron chi connectivity index (χ4n) is 1.18. The van der Waals surface area contributed by atoms with E-state index in [1.165, 1.54) is 0 Å². The molecule has 0 N–H and O–H groups in total. The Morgan fingerprint density at radius 1 is 1.58 bits per heavy atom. The van der Waals surface area contributed by atoms with Crippen molar-refractivity contribution in [2.75, 3.05) is 6.61 Å². The third kappa shape index (κ3) is 1.09. The lowest BCUT2D eigenvalue weighted by atomic mass is 10.0. The van der Waals surface area contributed by atoms with Gasteiger partial charge in [-0.05, 0) is 12.5 Å². The molecule has 2 heteroatoms. The van der Waals surface area contributed by atoms with Gasteiger partial charge in [0.05, 0.1) is 13.2 Å². The van der Waals surface area contributed by atoms with Crippen LogP contribution in [0.2, 0.25) is 0 Å². The highest BCUT2D eigenvalue weighted by molar-refractivity contribution is 5.48. The van der Waals surface area contributed by atoms with E-state index in [1.54, 1.807) is 0 Å². The van der Waals surface area contributed by atoms with Crippen LogP contribution >= 0.6 is 0 Å². The van der Waals surface area contributed by atoms with Gasteiger partial charge in [-0.15, -0.1) is 0 Å². The van der Waals surface area contributed by atoms with Gasteiger partial charge in [-0.1, -0.05) is 24.3 Å². The first-order valence-electron chi connectivity index (χ1n) is 3.86. The molecule has 60 valence electrons. The maximum atomic E-state index is 6.85. The van der Waals surface area contributed by atoms with Crippen molar-refractivity contribution in [1.29, 1.82) is 0 Å². The number of hydrogen-bond donors (Lipinski definition) is 0. The lowest BCUT2D eigenvalue weighted by molar-refractivity contribution is 0.329. The summed E-state index contributed by atoms with van der Waals surface area (Å²) in [7, 11) is 0. The molecule has 0 aromatic heterocycles. The van der Waals surface area contributed by atoms with Crippen LogP contribution in [0.5, 0.6) is 0 Å². The Kier molecular flexibility index (Phi) is 1.42. The van der Waals surface area contributed by atoms with Gasteiger partial charge >= 0.3 is 0 Å². The van der Waals surface area contributed by atoms with Crippen molar-refractivity contribution in [1.82, 2.24) is 0 Å². The molecule has 0 radical (unpaired) electrons. The lowest BCUT2D eigenvalue weighted by Crippen LogP contribution is -2.00. The van der Waals surface area contributed by atoms with E-state index in [0.717, 1.165) is 12.2 Å². The van der Waals surface area contributed by atoms with Gasteiger partial charge in [0.25, 0.3) is 0 Å². The summed E-state index contributed by atoms with van der Waals surface area (Å²) in [5.41, 5.74) is 1.68. The van der Waals surface area contributed by atoms with Crippen LogP contribution < -0.4 is 0 Å². The van der Waals surface area contributed by atoms with E-state index in [9.17, 15) is 0 Å². The van der Waals surface area contributed by atoms with Crippen molar-refractivity contribution in [2.24, 2.45) is 0 Å². The van der Waals surface area contributed by atoms with E-state index in [4.69, 9.17) is 11.3 Å². The Labute approximate surface area is 71.6 Å². The fraction of sp³-hybridized carbons (Fsp3) is 0.300. The highest BCUT2D eigenvalue weighted by Gasteiger charge is 2.40. The SMILES string of the molecule is [C-]#[N+]c1cccc([C@]2(C)CO2)c1. The molecule has 0 aliphatic carbocycles. The number of rotatable bonds is 1. The number of nitrogens with zero attached hydrogens (tertiary/aromatic N) is 1. The molecule has 1 heterocycles. The second-order valence-corrected chi connectivity index (χ2v) is 3.18. The van der Waals surface area contributed by atoms with Gasteiger partial charge in [0, 0.05) is 0 Å². The molecule has 1 aliphatic heterocycles. The van der Waals surface area contributed by atoms with Crippen LogP contribution in [-0.4, -0.2) is 6.61 Å². The van der Waals surface area contributed by atoms with Crippen molar-refractivity contribution < 1.29 is 4.74 Å². The van der Waals surface area contributed by atoms with Gasteiger partial charge < -0.3 is 4.74 Å². The second-order valence-electron chi connectivity index (χ2n) is 3.18. The average Bonchev–Trinajstić information content (AvgIpc) is 2.85.